The summed E-state index contributed by atoms with van der Waals surface area (Å²) >= 11 is 0. The van der Waals surface area contributed by atoms with Crippen LogP contribution >= 0.6 is 0 Å². The van der Waals surface area contributed by atoms with Crippen LogP contribution in [0, 0.1) is 15.9 Å². The van der Waals surface area contributed by atoms with Gasteiger partial charge in [0.25, 0.3) is 5.69 Å². The molecule has 0 aliphatic carbocycles. The molecule has 0 spiro atoms. The van der Waals surface area contributed by atoms with E-state index in [1.807, 2.05) is 0 Å². The van der Waals surface area contributed by atoms with Gasteiger partial charge in [0.2, 0.25) is 0 Å². The van der Waals surface area contributed by atoms with Gasteiger partial charge >= 0.3 is 0 Å². The molecule has 0 unspecified atom stereocenters. The van der Waals surface area contributed by atoms with E-state index in [1.54, 1.807) is 0 Å². The number of hydrogen-bond donors (Lipinski definition) is 0. The number of halogens is 1. The Morgan fingerprint density at radius 2 is 1.84 bits per heavy atom. The van der Waals surface area contributed by atoms with Crippen molar-refractivity contribution in [3.05, 3.63) is 64.0 Å². The molecule has 0 saturated heterocycles. The van der Waals surface area contributed by atoms with Crippen molar-refractivity contribution in [3.8, 4) is 11.5 Å². The monoisotopic (exact) mass is 261 g/mol. The lowest BCUT2D eigenvalue weighted by molar-refractivity contribution is -0.384. The lowest BCUT2D eigenvalue weighted by atomic mass is 10.2. The summed E-state index contributed by atoms with van der Waals surface area (Å²) in [6.45, 7) is 0. The van der Waals surface area contributed by atoms with Crippen molar-refractivity contribution in [1.82, 2.24) is 0 Å². The molecule has 0 aliphatic heterocycles. The fraction of sp³-hybridized carbons (Fsp3) is 0. The first-order valence-electron chi connectivity index (χ1n) is 5.28. The Labute approximate surface area is 107 Å². The van der Waals surface area contributed by atoms with Crippen LogP contribution in [-0.4, -0.2) is 11.2 Å². The predicted octanol–water partition coefficient (Wildman–Crippen LogP) is 3.34. The molecule has 0 aliphatic rings. The summed E-state index contributed by atoms with van der Waals surface area (Å²) in [6, 6.07) is 9.10. The Morgan fingerprint density at radius 3 is 2.42 bits per heavy atom. The van der Waals surface area contributed by atoms with Gasteiger partial charge in [0.05, 0.1) is 10.5 Å². The van der Waals surface area contributed by atoms with Gasteiger partial charge in [-0.1, -0.05) is 6.07 Å². The van der Waals surface area contributed by atoms with Crippen molar-refractivity contribution in [3.63, 3.8) is 0 Å². The molecule has 96 valence electrons. The van der Waals surface area contributed by atoms with E-state index in [9.17, 15) is 19.3 Å². The molecular formula is C13H8FNO4. The zero-order chi connectivity index (χ0) is 13.8. The average molecular weight is 261 g/mol. The third kappa shape index (κ3) is 2.74. The van der Waals surface area contributed by atoms with Crippen LogP contribution in [-0.2, 0) is 0 Å². The lowest BCUT2D eigenvalue weighted by Gasteiger charge is -2.08. The van der Waals surface area contributed by atoms with Crippen molar-refractivity contribution in [1.29, 1.82) is 0 Å². The summed E-state index contributed by atoms with van der Waals surface area (Å²) < 4.78 is 18.8. The van der Waals surface area contributed by atoms with E-state index >= 15 is 0 Å². The van der Waals surface area contributed by atoms with Gasteiger partial charge in [-0.25, -0.2) is 4.39 Å². The minimum atomic E-state index is -0.678. The molecule has 0 radical (unpaired) electrons. The molecule has 0 bridgehead atoms. The van der Waals surface area contributed by atoms with Crippen molar-refractivity contribution in [2.75, 3.05) is 0 Å². The molecule has 0 N–H and O–H groups in total. The maximum atomic E-state index is 13.5. The molecule has 2 aromatic carbocycles. The van der Waals surface area contributed by atoms with Gasteiger partial charge < -0.3 is 4.74 Å². The summed E-state index contributed by atoms with van der Waals surface area (Å²) in [6.07, 6.45) is 0.476. The Balaban J connectivity index is 2.31. The fourth-order valence-electron chi connectivity index (χ4n) is 1.48. The fourth-order valence-corrected chi connectivity index (χ4v) is 1.48. The largest absolute Gasteiger partial charge is 0.454 e. The van der Waals surface area contributed by atoms with E-state index < -0.39 is 10.7 Å². The van der Waals surface area contributed by atoms with E-state index in [0.29, 0.717) is 6.29 Å². The van der Waals surface area contributed by atoms with Crippen LogP contribution in [0.5, 0.6) is 11.5 Å². The lowest BCUT2D eigenvalue weighted by Crippen LogP contribution is -1.94. The Morgan fingerprint density at radius 1 is 1.16 bits per heavy atom. The molecule has 5 nitrogen and oxygen atoms in total. The van der Waals surface area contributed by atoms with Crippen molar-refractivity contribution < 1.29 is 18.8 Å². The van der Waals surface area contributed by atoms with Crippen LogP contribution in [0.3, 0.4) is 0 Å². The quantitative estimate of drug-likeness (QED) is 0.480. The maximum absolute atomic E-state index is 13.5. The number of nitro benzene ring substituents is 1. The summed E-state index contributed by atoms with van der Waals surface area (Å²) in [5, 5.41) is 10.5. The summed E-state index contributed by atoms with van der Waals surface area (Å²) in [7, 11) is 0. The first-order chi connectivity index (χ1) is 9.11. The number of nitrogens with zero attached hydrogens (tertiary/aromatic N) is 1. The highest BCUT2D eigenvalue weighted by Gasteiger charge is 2.11. The van der Waals surface area contributed by atoms with Crippen LogP contribution in [0.15, 0.2) is 42.5 Å². The summed E-state index contributed by atoms with van der Waals surface area (Å²) in [5.41, 5.74) is -0.0325. The number of aldehydes is 1. The molecule has 0 aromatic heterocycles. The van der Waals surface area contributed by atoms with Crippen LogP contribution in [0.2, 0.25) is 0 Å². The van der Waals surface area contributed by atoms with Gasteiger partial charge in [0, 0.05) is 12.1 Å². The van der Waals surface area contributed by atoms with Gasteiger partial charge in [-0.15, -0.1) is 0 Å². The molecule has 0 amide bonds. The summed E-state index contributed by atoms with van der Waals surface area (Å²) in [5.74, 6) is -0.673. The smallest absolute Gasteiger partial charge is 0.269 e. The third-order valence-electron chi connectivity index (χ3n) is 2.39. The Bertz CT molecular complexity index is 625. The second kappa shape index (κ2) is 5.26. The molecule has 0 fully saturated rings. The second-order valence-corrected chi connectivity index (χ2v) is 3.63. The zero-order valence-electron chi connectivity index (χ0n) is 9.58. The van der Waals surface area contributed by atoms with Gasteiger partial charge in [-0.3, -0.25) is 14.9 Å². The molecule has 6 heteroatoms. The number of hydrogen-bond acceptors (Lipinski definition) is 4. The first kappa shape index (κ1) is 12.7. The maximum Gasteiger partial charge on any atom is 0.269 e. The zero-order valence-corrected chi connectivity index (χ0v) is 9.58. The van der Waals surface area contributed by atoms with Crippen LogP contribution in [0.25, 0.3) is 0 Å². The number of carbonyl (C=O) groups excluding carboxylic acids is 1. The van der Waals surface area contributed by atoms with E-state index in [-0.39, 0.29) is 22.7 Å². The number of rotatable bonds is 4. The van der Waals surface area contributed by atoms with Gasteiger partial charge in [-0.05, 0) is 24.3 Å². The predicted molar refractivity (Wildman–Crippen MR) is 65.0 cm³/mol. The molecule has 19 heavy (non-hydrogen) atoms. The number of nitro groups is 1. The SMILES string of the molecule is O=Cc1cccc(F)c1Oc1ccc([N+](=O)[O-])cc1. The van der Waals surface area contributed by atoms with Crippen LogP contribution in [0.1, 0.15) is 10.4 Å². The molecule has 0 heterocycles. The Kier molecular flexibility index (Phi) is 3.51. The van der Waals surface area contributed by atoms with E-state index in [1.165, 1.54) is 36.4 Å². The highest BCUT2D eigenvalue weighted by molar-refractivity contribution is 5.79. The number of ether oxygens (including phenoxy) is 1. The van der Waals surface area contributed by atoms with Gasteiger partial charge in [0.1, 0.15) is 5.75 Å². The molecule has 2 aromatic rings. The van der Waals surface area contributed by atoms with E-state index in [2.05, 4.69) is 0 Å². The average Bonchev–Trinajstić information content (AvgIpc) is 2.41. The van der Waals surface area contributed by atoms with E-state index in [0.717, 1.165) is 6.07 Å². The minimum absolute atomic E-state index is 0.0679. The number of carbonyl (C=O) groups is 1. The normalized spacial score (nSPS) is 9.95. The summed E-state index contributed by atoms with van der Waals surface area (Å²) in [4.78, 5) is 20.7. The Hall–Kier alpha value is -2.76. The first-order valence-corrected chi connectivity index (χ1v) is 5.28. The number of benzene rings is 2. The molecular weight excluding hydrogens is 253 g/mol. The number of non-ortho nitro benzene ring substituents is 1. The molecule has 0 saturated carbocycles. The van der Waals surface area contributed by atoms with Crippen LogP contribution < -0.4 is 4.74 Å². The molecule has 0 atom stereocenters. The topological polar surface area (TPSA) is 69.4 Å². The third-order valence-corrected chi connectivity index (χ3v) is 2.39. The van der Waals surface area contributed by atoms with Crippen molar-refractivity contribution in [2.24, 2.45) is 0 Å². The van der Waals surface area contributed by atoms with Crippen molar-refractivity contribution >= 4 is 12.0 Å². The van der Waals surface area contributed by atoms with E-state index in [4.69, 9.17) is 4.74 Å². The van der Waals surface area contributed by atoms with Gasteiger partial charge in [-0.2, -0.15) is 0 Å². The van der Waals surface area contributed by atoms with Crippen molar-refractivity contribution in [2.45, 2.75) is 0 Å². The van der Waals surface area contributed by atoms with Gasteiger partial charge in [0.15, 0.2) is 17.9 Å². The second-order valence-electron chi connectivity index (χ2n) is 3.63. The highest BCUT2D eigenvalue weighted by atomic mass is 19.1. The number of para-hydroxylation sites is 1. The van der Waals surface area contributed by atoms with Crippen LogP contribution in [0.4, 0.5) is 10.1 Å². The highest BCUT2D eigenvalue weighted by Crippen LogP contribution is 2.28. The minimum Gasteiger partial charge on any atom is -0.454 e. The molecule has 2 rings (SSSR count). The standard InChI is InChI=1S/C13H8FNO4/c14-12-3-1-2-9(8-16)13(12)19-11-6-4-10(5-7-11)15(17)18/h1-8H.